The smallest absolute Gasteiger partial charge is 0.315 e. The highest BCUT2D eigenvalue weighted by Crippen LogP contribution is 2.17. The summed E-state index contributed by atoms with van der Waals surface area (Å²) in [5.41, 5.74) is 1.58. The monoisotopic (exact) mass is 305 g/mol. The molecular formula is C16H17F2N3O. The number of urea groups is 1. The maximum absolute atomic E-state index is 13.2. The van der Waals surface area contributed by atoms with Gasteiger partial charge in [0.05, 0.1) is 0 Å². The number of halogens is 2. The van der Waals surface area contributed by atoms with Gasteiger partial charge in [-0.15, -0.1) is 0 Å². The number of benzene rings is 1. The quantitative estimate of drug-likeness (QED) is 0.892. The highest BCUT2D eigenvalue weighted by Gasteiger charge is 2.10. The van der Waals surface area contributed by atoms with Crippen LogP contribution in [0.3, 0.4) is 0 Å². The fourth-order valence-corrected chi connectivity index (χ4v) is 1.93. The van der Waals surface area contributed by atoms with E-state index in [0.717, 1.165) is 17.7 Å². The molecule has 0 bridgehead atoms. The SMILES string of the molecule is CC(CNC(=O)NCc1ccncc1)c1ccc(F)c(F)c1. The Balaban J connectivity index is 1.79. The van der Waals surface area contributed by atoms with Gasteiger partial charge in [-0.2, -0.15) is 0 Å². The number of nitrogens with zero attached hydrogens (tertiary/aromatic N) is 1. The van der Waals surface area contributed by atoms with E-state index in [2.05, 4.69) is 15.6 Å². The van der Waals surface area contributed by atoms with Crippen molar-refractivity contribution in [1.29, 1.82) is 0 Å². The van der Waals surface area contributed by atoms with Crippen LogP contribution in [0.15, 0.2) is 42.7 Å². The van der Waals surface area contributed by atoms with Gasteiger partial charge in [-0.25, -0.2) is 13.6 Å². The van der Waals surface area contributed by atoms with E-state index in [-0.39, 0.29) is 11.9 Å². The summed E-state index contributed by atoms with van der Waals surface area (Å²) in [7, 11) is 0. The second-order valence-electron chi connectivity index (χ2n) is 4.99. The third-order valence-electron chi connectivity index (χ3n) is 3.28. The lowest BCUT2D eigenvalue weighted by Gasteiger charge is -2.14. The molecule has 6 heteroatoms. The highest BCUT2D eigenvalue weighted by atomic mass is 19.2. The first-order chi connectivity index (χ1) is 10.6. The third kappa shape index (κ3) is 4.51. The Morgan fingerprint density at radius 3 is 2.55 bits per heavy atom. The lowest BCUT2D eigenvalue weighted by Crippen LogP contribution is -2.37. The molecule has 1 atom stereocenters. The van der Waals surface area contributed by atoms with E-state index in [1.54, 1.807) is 12.4 Å². The molecular weight excluding hydrogens is 288 g/mol. The van der Waals surface area contributed by atoms with Crippen LogP contribution in [0.5, 0.6) is 0 Å². The Morgan fingerprint density at radius 1 is 1.14 bits per heavy atom. The van der Waals surface area contributed by atoms with Crippen molar-refractivity contribution < 1.29 is 13.6 Å². The van der Waals surface area contributed by atoms with Crippen molar-refractivity contribution in [3.63, 3.8) is 0 Å². The van der Waals surface area contributed by atoms with Gasteiger partial charge in [0.15, 0.2) is 11.6 Å². The van der Waals surface area contributed by atoms with Crippen molar-refractivity contribution in [2.75, 3.05) is 6.54 Å². The van der Waals surface area contributed by atoms with Gasteiger partial charge in [0.25, 0.3) is 0 Å². The second kappa shape index (κ2) is 7.49. The first-order valence-corrected chi connectivity index (χ1v) is 6.92. The Morgan fingerprint density at radius 2 is 1.86 bits per heavy atom. The van der Waals surface area contributed by atoms with Gasteiger partial charge in [-0.3, -0.25) is 4.98 Å². The Hall–Kier alpha value is -2.50. The maximum atomic E-state index is 13.2. The topological polar surface area (TPSA) is 54.0 Å². The average molecular weight is 305 g/mol. The zero-order valence-electron chi connectivity index (χ0n) is 12.1. The molecule has 0 aliphatic rings. The normalized spacial score (nSPS) is 11.8. The first-order valence-electron chi connectivity index (χ1n) is 6.92. The fraction of sp³-hybridized carbons (Fsp3) is 0.250. The summed E-state index contributed by atoms with van der Waals surface area (Å²) in [5, 5.41) is 5.42. The minimum absolute atomic E-state index is 0.123. The summed E-state index contributed by atoms with van der Waals surface area (Å²) in [6.07, 6.45) is 3.31. The van der Waals surface area contributed by atoms with Crippen LogP contribution in [-0.2, 0) is 6.54 Å². The van der Waals surface area contributed by atoms with Crippen LogP contribution >= 0.6 is 0 Å². The van der Waals surface area contributed by atoms with Crippen molar-refractivity contribution in [3.8, 4) is 0 Å². The molecule has 2 amide bonds. The predicted octanol–water partition coefficient (Wildman–Crippen LogP) is 2.96. The summed E-state index contributed by atoms with van der Waals surface area (Å²) >= 11 is 0. The molecule has 0 saturated heterocycles. The van der Waals surface area contributed by atoms with E-state index in [0.29, 0.717) is 18.7 Å². The molecule has 1 aromatic carbocycles. The van der Waals surface area contributed by atoms with E-state index in [1.165, 1.54) is 6.07 Å². The van der Waals surface area contributed by atoms with Crippen LogP contribution in [0.4, 0.5) is 13.6 Å². The molecule has 1 heterocycles. The van der Waals surface area contributed by atoms with Crippen molar-refractivity contribution in [3.05, 3.63) is 65.5 Å². The molecule has 2 aromatic rings. The predicted molar refractivity (Wildman–Crippen MR) is 79.2 cm³/mol. The average Bonchev–Trinajstić information content (AvgIpc) is 2.54. The Bertz CT molecular complexity index is 635. The van der Waals surface area contributed by atoms with Gasteiger partial charge < -0.3 is 10.6 Å². The van der Waals surface area contributed by atoms with Crippen molar-refractivity contribution in [2.45, 2.75) is 19.4 Å². The fourth-order valence-electron chi connectivity index (χ4n) is 1.93. The molecule has 0 spiro atoms. The molecule has 22 heavy (non-hydrogen) atoms. The molecule has 0 saturated carbocycles. The van der Waals surface area contributed by atoms with Gasteiger partial charge in [-0.1, -0.05) is 13.0 Å². The second-order valence-corrected chi connectivity index (χ2v) is 4.99. The van der Waals surface area contributed by atoms with Crippen LogP contribution in [-0.4, -0.2) is 17.6 Å². The molecule has 2 rings (SSSR count). The summed E-state index contributed by atoms with van der Waals surface area (Å²) in [5.74, 6) is -1.88. The molecule has 0 radical (unpaired) electrons. The van der Waals surface area contributed by atoms with E-state index in [9.17, 15) is 13.6 Å². The van der Waals surface area contributed by atoms with Crippen LogP contribution < -0.4 is 10.6 Å². The van der Waals surface area contributed by atoms with E-state index < -0.39 is 11.6 Å². The van der Waals surface area contributed by atoms with Gasteiger partial charge >= 0.3 is 6.03 Å². The van der Waals surface area contributed by atoms with Crippen molar-refractivity contribution in [2.24, 2.45) is 0 Å². The van der Waals surface area contributed by atoms with Gasteiger partial charge in [0.1, 0.15) is 0 Å². The number of carbonyl (C=O) groups excluding carboxylic acids is 1. The van der Waals surface area contributed by atoms with E-state index in [4.69, 9.17) is 0 Å². The van der Waals surface area contributed by atoms with E-state index >= 15 is 0 Å². The molecule has 0 aliphatic heterocycles. The number of amides is 2. The lowest BCUT2D eigenvalue weighted by molar-refractivity contribution is 0.240. The Labute approximate surface area is 127 Å². The van der Waals surface area contributed by atoms with Gasteiger partial charge in [0, 0.05) is 25.5 Å². The highest BCUT2D eigenvalue weighted by molar-refractivity contribution is 5.73. The third-order valence-corrected chi connectivity index (χ3v) is 3.28. The molecule has 116 valence electrons. The van der Waals surface area contributed by atoms with Crippen LogP contribution in [0.1, 0.15) is 24.0 Å². The lowest BCUT2D eigenvalue weighted by atomic mass is 10.0. The minimum atomic E-state index is -0.883. The minimum Gasteiger partial charge on any atom is -0.338 e. The zero-order valence-corrected chi connectivity index (χ0v) is 12.1. The first kappa shape index (κ1) is 15.9. The van der Waals surface area contributed by atoms with Gasteiger partial charge in [-0.05, 0) is 41.3 Å². The Kier molecular flexibility index (Phi) is 5.41. The standard InChI is InChI=1S/C16H17F2N3O/c1-11(13-2-3-14(17)15(18)8-13)9-20-16(22)21-10-12-4-6-19-7-5-12/h2-8,11H,9-10H2,1H3,(H2,20,21,22). The molecule has 0 aliphatic carbocycles. The maximum Gasteiger partial charge on any atom is 0.315 e. The summed E-state index contributed by atoms with van der Waals surface area (Å²) < 4.78 is 26.0. The number of rotatable bonds is 5. The summed E-state index contributed by atoms with van der Waals surface area (Å²) in [4.78, 5) is 15.6. The zero-order chi connectivity index (χ0) is 15.9. The van der Waals surface area contributed by atoms with Crippen LogP contribution in [0, 0.1) is 11.6 Å². The van der Waals surface area contributed by atoms with Gasteiger partial charge in [0.2, 0.25) is 0 Å². The van der Waals surface area contributed by atoms with Crippen LogP contribution in [0.2, 0.25) is 0 Å². The number of pyridine rings is 1. The molecule has 0 fully saturated rings. The largest absolute Gasteiger partial charge is 0.338 e. The van der Waals surface area contributed by atoms with Crippen molar-refractivity contribution >= 4 is 6.03 Å². The number of aromatic nitrogens is 1. The van der Waals surface area contributed by atoms with Crippen LogP contribution in [0.25, 0.3) is 0 Å². The molecule has 1 unspecified atom stereocenters. The summed E-state index contributed by atoms with van der Waals surface area (Å²) in [6.45, 7) is 2.55. The summed E-state index contributed by atoms with van der Waals surface area (Å²) in [6, 6.07) is 7.06. The molecule has 1 aromatic heterocycles. The number of carbonyl (C=O) groups is 1. The molecule has 2 N–H and O–H groups in total. The van der Waals surface area contributed by atoms with Crippen molar-refractivity contribution in [1.82, 2.24) is 15.6 Å². The molecule has 4 nitrogen and oxygen atoms in total. The number of nitrogens with one attached hydrogen (secondary N) is 2. The number of hydrogen-bond donors (Lipinski definition) is 2. The van der Waals surface area contributed by atoms with E-state index in [1.807, 2.05) is 19.1 Å². The number of hydrogen-bond acceptors (Lipinski definition) is 2.